The van der Waals surface area contributed by atoms with Crippen LogP contribution < -0.4 is 0 Å². The summed E-state index contributed by atoms with van der Waals surface area (Å²) < 4.78 is 5.71. The van der Waals surface area contributed by atoms with Crippen LogP contribution in [0.3, 0.4) is 0 Å². The maximum atomic E-state index is 10.4. The van der Waals surface area contributed by atoms with Crippen LogP contribution in [0.1, 0.15) is 51.9 Å². The van der Waals surface area contributed by atoms with Crippen LogP contribution >= 0.6 is 0 Å². The van der Waals surface area contributed by atoms with Crippen molar-refractivity contribution in [3.05, 3.63) is 48.6 Å². The van der Waals surface area contributed by atoms with Crippen LogP contribution in [0.15, 0.2) is 48.6 Å². The van der Waals surface area contributed by atoms with Crippen molar-refractivity contribution in [2.24, 2.45) is 0 Å². The molecule has 6 heteroatoms. The molecule has 28 heavy (non-hydrogen) atoms. The second kappa shape index (κ2) is 14.3. The van der Waals surface area contributed by atoms with Crippen molar-refractivity contribution < 1.29 is 30.0 Å². The monoisotopic (exact) mass is 394 g/mol. The Balaban J connectivity index is 2.29. The Morgan fingerprint density at radius 1 is 1.11 bits per heavy atom. The van der Waals surface area contributed by atoms with Gasteiger partial charge in [-0.05, 0) is 32.1 Å². The minimum atomic E-state index is -0.805. The van der Waals surface area contributed by atoms with E-state index in [9.17, 15) is 20.1 Å². The number of carbonyl (C=O) groups is 1. The van der Waals surface area contributed by atoms with Crippen LogP contribution in [0.4, 0.5) is 0 Å². The first-order valence-electron chi connectivity index (χ1n) is 9.98. The van der Waals surface area contributed by atoms with Gasteiger partial charge in [-0.2, -0.15) is 0 Å². The first kappa shape index (κ1) is 24.3. The van der Waals surface area contributed by atoms with Crippen LogP contribution in [0, 0.1) is 0 Å². The van der Waals surface area contributed by atoms with Crippen molar-refractivity contribution in [3.8, 4) is 0 Å². The van der Waals surface area contributed by atoms with E-state index in [1.54, 1.807) is 12.2 Å². The molecule has 4 N–H and O–H groups in total. The smallest absolute Gasteiger partial charge is 0.303 e. The van der Waals surface area contributed by atoms with Crippen molar-refractivity contribution in [2.45, 2.75) is 82.4 Å². The van der Waals surface area contributed by atoms with Gasteiger partial charge < -0.3 is 25.2 Å². The summed E-state index contributed by atoms with van der Waals surface area (Å²) in [5.74, 6) is -0.805. The molecule has 1 aliphatic heterocycles. The van der Waals surface area contributed by atoms with Crippen LogP contribution in [-0.2, 0) is 9.53 Å². The van der Waals surface area contributed by atoms with Gasteiger partial charge in [0, 0.05) is 12.8 Å². The van der Waals surface area contributed by atoms with Crippen LogP contribution in [0.5, 0.6) is 0 Å². The van der Waals surface area contributed by atoms with E-state index in [-0.39, 0.29) is 6.42 Å². The van der Waals surface area contributed by atoms with Gasteiger partial charge in [-0.3, -0.25) is 4.79 Å². The molecule has 0 aromatic carbocycles. The second-order valence-corrected chi connectivity index (χ2v) is 6.92. The fraction of sp³-hybridized carbons (Fsp3) is 0.591. The van der Waals surface area contributed by atoms with Crippen LogP contribution in [-0.4, -0.2) is 56.9 Å². The zero-order valence-electron chi connectivity index (χ0n) is 16.6. The maximum Gasteiger partial charge on any atom is 0.303 e. The molecule has 1 saturated heterocycles. The topological polar surface area (TPSA) is 107 Å². The number of aliphatic hydroxyl groups excluding tert-OH is 3. The average Bonchev–Trinajstić information content (AvgIpc) is 3.03. The molecule has 0 bridgehead atoms. The van der Waals surface area contributed by atoms with Crippen molar-refractivity contribution in [3.63, 3.8) is 0 Å². The molecule has 1 heterocycles. The molecule has 5 atom stereocenters. The van der Waals surface area contributed by atoms with Gasteiger partial charge in [0.1, 0.15) is 6.10 Å². The molecule has 0 radical (unpaired) electrons. The summed E-state index contributed by atoms with van der Waals surface area (Å²) in [7, 11) is 0. The highest BCUT2D eigenvalue weighted by Gasteiger charge is 2.35. The van der Waals surface area contributed by atoms with Crippen LogP contribution in [0.25, 0.3) is 0 Å². The van der Waals surface area contributed by atoms with E-state index in [0.29, 0.717) is 32.1 Å². The van der Waals surface area contributed by atoms with Crippen LogP contribution in [0.2, 0.25) is 0 Å². The summed E-state index contributed by atoms with van der Waals surface area (Å²) in [5.41, 5.74) is 0. The lowest BCUT2D eigenvalue weighted by atomic mass is 10.0. The quantitative estimate of drug-likeness (QED) is 0.358. The zero-order chi connectivity index (χ0) is 20.8. The maximum absolute atomic E-state index is 10.4. The lowest BCUT2D eigenvalue weighted by Gasteiger charge is -2.16. The molecule has 0 saturated carbocycles. The molecule has 0 unspecified atom stereocenters. The Morgan fingerprint density at radius 3 is 2.54 bits per heavy atom. The summed E-state index contributed by atoms with van der Waals surface area (Å²) >= 11 is 0. The number of aliphatic carboxylic acids is 1. The summed E-state index contributed by atoms with van der Waals surface area (Å²) in [6.45, 7) is 2.03. The van der Waals surface area contributed by atoms with Crippen molar-refractivity contribution in [2.75, 3.05) is 0 Å². The summed E-state index contributed by atoms with van der Waals surface area (Å²) in [6, 6.07) is 0. The van der Waals surface area contributed by atoms with Crippen molar-refractivity contribution in [1.29, 1.82) is 0 Å². The van der Waals surface area contributed by atoms with Crippen molar-refractivity contribution in [1.82, 2.24) is 0 Å². The normalized spacial score (nSPS) is 25.5. The van der Waals surface area contributed by atoms with E-state index in [2.05, 4.69) is 0 Å². The number of aliphatic hydroxyl groups is 3. The first-order valence-corrected chi connectivity index (χ1v) is 9.98. The molecule has 0 spiro atoms. The number of rotatable bonds is 13. The lowest BCUT2D eigenvalue weighted by molar-refractivity contribution is -0.136. The van der Waals surface area contributed by atoms with Gasteiger partial charge in [-0.15, -0.1) is 0 Å². The summed E-state index contributed by atoms with van der Waals surface area (Å²) in [5, 5.41) is 38.8. The Morgan fingerprint density at radius 2 is 1.82 bits per heavy atom. The summed E-state index contributed by atoms with van der Waals surface area (Å²) in [6.07, 6.45) is 15.3. The predicted octanol–water partition coefficient (Wildman–Crippen LogP) is 2.90. The highest BCUT2D eigenvalue weighted by atomic mass is 16.5. The summed E-state index contributed by atoms with van der Waals surface area (Å²) in [4.78, 5) is 10.4. The van der Waals surface area contributed by atoms with E-state index < -0.39 is 36.5 Å². The Kier molecular flexibility index (Phi) is 12.4. The van der Waals surface area contributed by atoms with Crippen molar-refractivity contribution >= 4 is 5.97 Å². The predicted molar refractivity (Wildman–Crippen MR) is 109 cm³/mol. The number of hydrogen-bond donors (Lipinski definition) is 4. The third-order valence-corrected chi connectivity index (χ3v) is 4.42. The Bertz CT molecular complexity index is 551. The fourth-order valence-corrected chi connectivity index (χ4v) is 2.84. The molecule has 1 aliphatic rings. The van der Waals surface area contributed by atoms with E-state index in [4.69, 9.17) is 9.84 Å². The highest BCUT2D eigenvalue weighted by molar-refractivity contribution is 5.66. The van der Waals surface area contributed by atoms with Gasteiger partial charge in [-0.25, -0.2) is 0 Å². The molecule has 1 rings (SSSR count). The number of carboxylic acids is 1. The molecule has 0 aliphatic carbocycles. The van der Waals surface area contributed by atoms with E-state index in [1.807, 2.05) is 43.4 Å². The standard InChI is InChI=1S/C22H34O6/c1-2-3-8-12-18(24)21-16-19(25)20(28-21)15-14-17(23)11-9-6-4-5-7-10-13-22(26)27/h3,5-9,14-15,17-21,23-25H,2,4,10-13,16H2,1H3,(H,26,27)/b7-5-,8-3-,9-6-,15-14+/t17-,18+,19+,20-,21+/m1/s1. The van der Waals surface area contributed by atoms with Gasteiger partial charge in [0.15, 0.2) is 0 Å². The average molecular weight is 395 g/mol. The number of ether oxygens (including phenoxy) is 1. The third kappa shape index (κ3) is 10.6. The van der Waals surface area contributed by atoms with Gasteiger partial charge in [0.2, 0.25) is 0 Å². The minimum absolute atomic E-state index is 0.131. The SMILES string of the molecule is CC/C=C\C[C@H](O)[C@@H]1C[C@H](O)[C@@H](/C=C/[C@H](O)C/C=C\C/C=C\CCC(=O)O)O1. The largest absolute Gasteiger partial charge is 0.481 e. The molecule has 0 aromatic heterocycles. The molecule has 158 valence electrons. The number of hydrogen-bond acceptors (Lipinski definition) is 5. The Hall–Kier alpha value is -1.73. The fourth-order valence-electron chi connectivity index (χ4n) is 2.84. The van der Waals surface area contributed by atoms with E-state index >= 15 is 0 Å². The first-order chi connectivity index (χ1) is 13.4. The minimum Gasteiger partial charge on any atom is -0.481 e. The zero-order valence-corrected chi connectivity index (χ0v) is 16.6. The molecular weight excluding hydrogens is 360 g/mol. The third-order valence-electron chi connectivity index (χ3n) is 4.42. The highest BCUT2D eigenvalue weighted by Crippen LogP contribution is 2.25. The van der Waals surface area contributed by atoms with Gasteiger partial charge in [0.05, 0.1) is 24.4 Å². The Labute approximate surface area is 167 Å². The van der Waals surface area contributed by atoms with Gasteiger partial charge >= 0.3 is 5.97 Å². The molecule has 6 nitrogen and oxygen atoms in total. The molecule has 1 fully saturated rings. The van der Waals surface area contributed by atoms with E-state index in [0.717, 1.165) is 6.42 Å². The second-order valence-electron chi connectivity index (χ2n) is 6.92. The van der Waals surface area contributed by atoms with Gasteiger partial charge in [0.25, 0.3) is 0 Å². The molecule has 0 amide bonds. The number of allylic oxidation sites excluding steroid dienone is 4. The lowest BCUT2D eigenvalue weighted by Crippen LogP contribution is -2.25. The van der Waals surface area contributed by atoms with E-state index in [1.165, 1.54) is 0 Å². The van der Waals surface area contributed by atoms with Gasteiger partial charge in [-0.1, -0.05) is 55.5 Å². The molecule has 0 aromatic rings. The number of carboxylic acid groups (broad SMARTS) is 1. The molecular formula is C22H34O6.